The summed E-state index contributed by atoms with van der Waals surface area (Å²) in [6.07, 6.45) is 6.36. The first-order valence-corrected chi connectivity index (χ1v) is 5.37. The van der Waals surface area contributed by atoms with Gasteiger partial charge in [0.15, 0.2) is 0 Å². The molecule has 1 aromatic heterocycles. The number of halogens is 1. The molecule has 0 bridgehead atoms. The van der Waals surface area contributed by atoms with Gasteiger partial charge in [-0.3, -0.25) is 9.88 Å². The minimum atomic E-state index is 0.574. The van der Waals surface area contributed by atoms with Gasteiger partial charge in [-0.2, -0.15) is 0 Å². The van der Waals surface area contributed by atoms with E-state index in [9.17, 15) is 0 Å². The van der Waals surface area contributed by atoms with Crippen molar-refractivity contribution in [1.82, 2.24) is 9.88 Å². The molecule has 1 fully saturated rings. The Bertz CT molecular complexity index is 301. The van der Waals surface area contributed by atoms with Gasteiger partial charge in [0, 0.05) is 22.9 Å². The van der Waals surface area contributed by atoms with Gasteiger partial charge >= 0.3 is 0 Å². The third-order valence-corrected chi connectivity index (χ3v) is 3.06. The molecule has 0 saturated carbocycles. The van der Waals surface area contributed by atoms with E-state index >= 15 is 0 Å². The summed E-state index contributed by atoms with van der Waals surface area (Å²) in [5.74, 6) is 0. The van der Waals surface area contributed by atoms with E-state index in [1.165, 1.54) is 24.9 Å². The van der Waals surface area contributed by atoms with Crippen LogP contribution in [-0.4, -0.2) is 23.5 Å². The Kier molecular flexibility index (Phi) is 2.65. The quantitative estimate of drug-likeness (QED) is 0.751. The van der Waals surface area contributed by atoms with Gasteiger partial charge in [0.1, 0.15) is 0 Å². The second kappa shape index (κ2) is 3.76. The highest BCUT2D eigenvalue weighted by Crippen LogP contribution is 2.30. The van der Waals surface area contributed by atoms with Crippen LogP contribution in [0.2, 0.25) is 0 Å². The number of aromatic nitrogens is 1. The lowest BCUT2D eigenvalue weighted by Gasteiger charge is -2.19. The molecule has 70 valence electrons. The second-order valence-electron chi connectivity index (χ2n) is 3.58. The summed E-state index contributed by atoms with van der Waals surface area (Å²) in [5, 5.41) is 0. The van der Waals surface area contributed by atoms with Crippen LogP contribution in [0.1, 0.15) is 24.4 Å². The molecule has 1 aliphatic rings. The number of nitrogens with zero attached hydrogens (tertiary/aromatic N) is 2. The van der Waals surface area contributed by atoms with Crippen molar-refractivity contribution in [2.24, 2.45) is 0 Å². The van der Waals surface area contributed by atoms with Crippen LogP contribution in [0.25, 0.3) is 0 Å². The van der Waals surface area contributed by atoms with E-state index in [-0.39, 0.29) is 0 Å². The summed E-state index contributed by atoms with van der Waals surface area (Å²) in [6.45, 7) is 1.21. The summed E-state index contributed by atoms with van der Waals surface area (Å²) in [5.41, 5.74) is 1.33. The summed E-state index contributed by atoms with van der Waals surface area (Å²) in [6, 6.07) is 2.74. The van der Waals surface area contributed by atoms with Gasteiger partial charge in [0.05, 0.1) is 0 Å². The molecule has 0 aromatic carbocycles. The van der Waals surface area contributed by atoms with Crippen molar-refractivity contribution in [3.63, 3.8) is 0 Å². The van der Waals surface area contributed by atoms with Crippen molar-refractivity contribution in [3.05, 3.63) is 28.5 Å². The zero-order chi connectivity index (χ0) is 9.26. The van der Waals surface area contributed by atoms with Gasteiger partial charge in [-0.1, -0.05) is 0 Å². The first kappa shape index (κ1) is 9.16. The predicted octanol–water partition coefficient (Wildman–Crippen LogP) is 2.61. The van der Waals surface area contributed by atoms with Crippen LogP contribution in [0.4, 0.5) is 0 Å². The zero-order valence-electron chi connectivity index (χ0n) is 7.70. The fraction of sp³-hybridized carbons (Fsp3) is 0.500. The topological polar surface area (TPSA) is 16.1 Å². The Labute approximate surface area is 87.1 Å². The molecular weight excluding hydrogens is 228 g/mol. The summed E-state index contributed by atoms with van der Waals surface area (Å²) in [4.78, 5) is 6.58. The molecule has 13 heavy (non-hydrogen) atoms. The van der Waals surface area contributed by atoms with Crippen molar-refractivity contribution in [2.45, 2.75) is 18.9 Å². The number of pyridine rings is 1. The lowest BCUT2D eigenvalue weighted by atomic mass is 10.1. The fourth-order valence-corrected chi connectivity index (χ4v) is 2.32. The van der Waals surface area contributed by atoms with Crippen LogP contribution in [0.15, 0.2) is 22.9 Å². The normalized spacial score (nSPS) is 23.7. The molecule has 0 aliphatic carbocycles. The predicted molar refractivity (Wildman–Crippen MR) is 56.5 cm³/mol. The SMILES string of the molecule is CN1CCC[C@H]1c1cncc(Br)c1. The van der Waals surface area contributed by atoms with Gasteiger partial charge in [-0.25, -0.2) is 0 Å². The molecule has 0 radical (unpaired) electrons. The molecule has 0 unspecified atom stereocenters. The Hall–Kier alpha value is -0.410. The molecule has 1 atom stereocenters. The highest BCUT2D eigenvalue weighted by Gasteiger charge is 2.22. The van der Waals surface area contributed by atoms with Crippen LogP contribution in [-0.2, 0) is 0 Å². The first-order valence-electron chi connectivity index (χ1n) is 4.58. The smallest absolute Gasteiger partial charge is 0.0410 e. The standard InChI is InChI=1S/C10H13BrN2/c1-13-4-2-3-10(13)8-5-9(11)7-12-6-8/h5-7,10H,2-4H2,1H3/t10-/m0/s1. The van der Waals surface area contributed by atoms with Gasteiger partial charge in [-0.05, 0) is 54.0 Å². The maximum atomic E-state index is 4.19. The van der Waals surface area contributed by atoms with Gasteiger partial charge in [0.2, 0.25) is 0 Å². The highest BCUT2D eigenvalue weighted by atomic mass is 79.9. The second-order valence-corrected chi connectivity index (χ2v) is 4.49. The third-order valence-electron chi connectivity index (χ3n) is 2.63. The van der Waals surface area contributed by atoms with E-state index in [0.717, 1.165) is 4.47 Å². The Balaban J connectivity index is 2.24. The number of hydrogen-bond acceptors (Lipinski definition) is 2. The summed E-state index contributed by atoms with van der Waals surface area (Å²) in [7, 11) is 2.18. The maximum Gasteiger partial charge on any atom is 0.0410 e. The van der Waals surface area contributed by atoms with E-state index < -0.39 is 0 Å². The van der Waals surface area contributed by atoms with Crippen molar-refractivity contribution in [3.8, 4) is 0 Å². The molecule has 0 N–H and O–H groups in total. The van der Waals surface area contributed by atoms with Gasteiger partial charge in [0.25, 0.3) is 0 Å². The minimum Gasteiger partial charge on any atom is -0.299 e. The molecule has 2 rings (SSSR count). The number of likely N-dealkylation sites (tertiary alicyclic amines) is 1. The lowest BCUT2D eigenvalue weighted by molar-refractivity contribution is 0.317. The van der Waals surface area contributed by atoms with E-state index in [2.05, 4.69) is 38.9 Å². The van der Waals surface area contributed by atoms with Crippen LogP contribution < -0.4 is 0 Å². The van der Waals surface area contributed by atoms with Crippen LogP contribution in [0, 0.1) is 0 Å². The Morgan fingerprint density at radius 2 is 2.38 bits per heavy atom. The molecule has 1 aromatic rings. The minimum absolute atomic E-state index is 0.574. The summed E-state index contributed by atoms with van der Waals surface area (Å²) >= 11 is 3.45. The molecule has 1 aliphatic heterocycles. The lowest BCUT2D eigenvalue weighted by Crippen LogP contribution is -2.17. The van der Waals surface area contributed by atoms with Crippen LogP contribution in [0.3, 0.4) is 0 Å². The monoisotopic (exact) mass is 240 g/mol. The molecule has 0 amide bonds. The molecule has 1 saturated heterocycles. The van der Waals surface area contributed by atoms with E-state index in [1.54, 1.807) is 0 Å². The molecule has 2 nitrogen and oxygen atoms in total. The van der Waals surface area contributed by atoms with Crippen molar-refractivity contribution >= 4 is 15.9 Å². The average Bonchev–Trinajstić information content (AvgIpc) is 2.51. The summed E-state index contributed by atoms with van der Waals surface area (Å²) < 4.78 is 1.07. The highest BCUT2D eigenvalue weighted by molar-refractivity contribution is 9.10. The zero-order valence-corrected chi connectivity index (χ0v) is 9.29. The van der Waals surface area contributed by atoms with Crippen LogP contribution >= 0.6 is 15.9 Å². The average molecular weight is 241 g/mol. The Morgan fingerprint density at radius 3 is 3.00 bits per heavy atom. The molecule has 3 heteroatoms. The van der Waals surface area contributed by atoms with E-state index in [4.69, 9.17) is 0 Å². The third kappa shape index (κ3) is 1.92. The van der Waals surface area contributed by atoms with Crippen molar-refractivity contribution in [2.75, 3.05) is 13.6 Å². The molecular formula is C10H13BrN2. The largest absolute Gasteiger partial charge is 0.299 e. The van der Waals surface area contributed by atoms with Gasteiger partial charge < -0.3 is 0 Å². The maximum absolute atomic E-state index is 4.19. The Morgan fingerprint density at radius 1 is 1.54 bits per heavy atom. The number of rotatable bonds is 1. The van der Waals surface area contributed by atoms with Gasteiger partial charge in [-0.15, -0.1) is 0 Å². The molecule has 0 spiro atoms. The first-order chi connectivity index (χ1) is 6.27. The fourth-order valence-electron chi connectivity index (χ4n) is 1.94. The molecule has 2 heterocycles. The van der Waals surface area contributed by atoms with Crippen LogP contribution in [0.5, 0.6) is 0 Å². The van der Waals surface area contributed by atoms with E-state index in [0.29, 0.717) is 6.04 Å². The van der Waals surface area contributed by atoms with Crippen molar-refractivity contribution < 1.29 is 0 Å². The number of hydrogen-bond donors (Lipinski definition) is 0. The van der Waals surface area contributed by atoms with E-state index in [1.807, 2.05) is 12.4 Å². The van der Waals surface area contributed by atoms with Crippen molar-refractivity contribution in [1.29, 1.82) is 0 Å².